The lowest BCUT2D eigenvalue weighted by atomic mass is 9.86. The van der Waals surface area contributed by atoms with Crippen molar-refractivity contribution in [3.63, 3.8) is 0 Å². The van der Waals surface area contributed by atoms with Crippen LogP contribution in [0.1, 0.15) is 174 Å². The van der Waals surface area contributed by atoms with Gasteiger partial charge in [-0.1, -0.05) is 78.6 Å². The molecule has 9 saturated heterocycles. The Morgan fingerprint density at radius 3 is 1.18 bits per heavy atom. The predicted octanol–water partition coefficient (Wildman–Crippen LogP) is 6.98. The van der Waals surface area contributed by atoms with Gasteiger partial charge < -0.3 is 90.4 Å². The molecule has 0 radical (unpaired) electrons. The molecule has 11 heterocycles. The number of aryl methyl sites for hydroxylation is 2. The summed E-state index contributed by atoms with van der Waals surface area (Å²) in [5.74, 6) is 3.67. The van der Waals surface area contributed by atoms with Crippen molar-refractivity contribution in [1.29, 1.82) is 0 Å². The average Bonchev–Trinajstić information content (AvgIpc) is 1.06. The maximum atomic E-state index is 9.36. The van der Waals surface area contributed by atoms with Gasteiger partial charge in [0.05, 0.1) is 12.4 Å². The molecule has 10 fully saturated rings. The Morgan fingerprint density at radius 1 is 0.532 bits per heavy atom. The monoisotopic (exact) mass is 1370 g/mol. The first-order valence-corrected chi connectivity index (χ1v) is 44.3. The number of hydrogen-bond acceptors (Lipinski definition) is 20. The van der Waals surface area contributed by atoms with E-state index in [4.69, 9.17) is 50.0 Å². The number of hydrogen-bond donors (Lipinski definition) is 13. The Balaban J connectivity index is 0.00000103. The number of nitrogens with zero attached hydrogens (tertiary/aromatic N) is 8. The van der Waals surface area contributed by atoms with Crippen LogP contribution < -0.4 is 61.8 Å². The van der Waals surface area contributed by atoms with Gasteiger partial charge in [-0.3, -0.25) is 14.7 Å². The van der Waals surface area contributed by atoms with Crippen molar-refractivity contribution >= 4 is 16.6 Å². The molecule has 2 aromatic heterocycles. The van der Waals surface area contributed by atoms with E-state index in [2.05, 4.69) is 97.5 Å². The van der Waals surface area contributed by atoms with Crippen molar-refractivity contribution in [2.24, 2.45) is 70.7 Å². The highest BCUT2D eigenvalue weighted by Crippen LogP contribution is 2.28. The number of nitrogens with two attached hydrogens (primary N) is 8. The third-order valence-corrected chi connectivity index (χ3v) is 26.4. The average molecular weight is 1370 g/mol. The summed E-state index contributed by atoms with van der Waals surface area (Å²) in [6.45, 7) is 44.6. The zero-order chi connectivity index (χ0) is 69.8. The minimum Gasteiger partial charge on any atom is -0.455 e. The van der Waals surface area contributed by atoms with Crippen LogP contribution in [-0.2, 0) is 11.2 Å². The number of aliphatic hydroxyl groups excluding tert-OH is 1. The summed E-state index contributed by atoms with van der Waals surface area (Å²) < 4.78 is 8.28. The van der Waals surface area contributed by atoms with E-state index in [-0.39, 0.29) is 6.10 Å². The van der Waals surface area contributed by atoms with Gasteiger partial charge in [0.15, 0.2) is 16.6 Å². The molecule has 94 heavy (non-hydrogen) atoms. The zero-order valence-electron chi connectivity index (χ0n) is 62.7. The molecule has 12 rings (SSSR count). The molecule has 558 valence electrons. The maximum Gasteiger partial charge on any atom is 0.173 e. The molecule has 0 spiro atoms. The summed E-state index contributed by atoms with van der Waals surface area (Å²) >= 11 is 0. The molecule has 2 aromatic rings. The van der Waals surface area contributed by atoms with Crippen LogP contribution in [0.5, 0.6) is 0 Å². The Bertz CT molecular complexity index is 1660. The molecule has 1 unspecified atom stereocenters. The van der Waals surface area contributed by atoms with E-state index in [1.807, 2.05) is 24.7 Å². The third-order valence-electron chi connectivity index (χ3n) is 18.9. The molecule has 21 N–H and O–H groups in total. The van der Waals surface area contributed by atoms with Gasteiger partial charge in [0.2, 0.25) is 0 Å². The van der Waals surface area contributed by atoms with E-state index in [0.29, 0.717) is 32.0 Å². The zero-order valence-corrected chi connectivity index (χ0v) is 64.7. The van der Waals surface area contributed by atoms with Crippen molar-refractivity contribution in [2.75, 3.05) is 164 Å². The van der Waals surface area contributed by atoms with Gasteiger partial charge in [-0.25, -0.2) is 9.97 Å². The molecule has 9 aliphatic heterocycles. The van der Waals surface area contributed by atoms with E-state index in [0.717, 1.165) is 76.1 Å². The van der Waals surface area contributed by atoms with Crippen molar-refractivity contribution in [2.45, 2.75) is 226 Å². The molecule has 10 aliphatic rings. The number of piperazine rings is 3. The quantitative estimate of drug-likeness (QED) is 0.0303. The number of imidazole rings is 2. The lowest BCUT2D eigenvalue weighted by molar-refractivity contribution is -0.0227. The van der Waals surface area contributed by atoms with Crippen LogP contribution in [0.4, 0.5) is 0 Å². The summed E-state index contributed by atoms with van der Waals surface area (Å²) in [7, 11) is -1.00. The largest absolute Gasteiger partial charge is 0.455 e. The summed E-state index contributed by atoms with van der Waals surface area (Å²) in [5, 5.41) is 19.5. The van der Waals surface area contributed by atoms with Gasteiger partial charge in [0.25, 0.3) is 0 Å². The Kier molecular flexibility index (Phi) is 62.1. The van der Waals surface area contributed by atoms with Crippen LogP contribution in [0.3, 0.4) is 0 Å². The van der Waals surface area contributed by atoms with E-state index in [1.54, 1.807) is 29.8 Å². The number of aromatic nitrogens is 4. The topological polar surface area (TPSA) is 336 Å². The number of unbranched alkanes of at least 4 members (excludes halogenated alkanes) is 3. The molecule has 4 bridgehead atoms. The van der Waals surface area contributed by atoms with Crippen LogP contribution in [0, 0.1) is 24.7 Å². The SMILES string of the molecule is C(CC1CCNCC1)CC1CCNCC1.C1CCNCC1.C1CN2CCN1CC2.CCN(CC)CC.C[Si](C)(CCCN)O[Si](C)(C)CCCN.Cc1ncc[nH]1.Cn1ccnc1.NC1CCCCC1.NCCCCCCN.NCN(CN)CN.OC1CN2CCC1CC2. The van der Waals surface area contributed by atoms with E-state index in [9.17, 15) is 5.11 Å². The van der Waals surface area contributed by atoms with Crippen molar-refractivity contribution in [3.05, 3.63) is 36.9 Å². The van der Waals surface area contributed by atoms with Crippen LogP contribution >= 0.6 is 0 Å². The third kappa shape index (κ3) is 55.0. The first kappa shape index (κ1) is 92.1. The minimum atomic E-state index is -1.47. The summed E-state index contributed by atoms with van der Waals surface area (Å²) in [6.07, 6.45) is 39.4. The summed E-state index contributed by atoms with van der Waals surface area (Å²) in [6, 6.07) is 2.90. The standard InChI is InChI=1S/C13H26N2.C10H28N2OSi2.C7H13NO.C6H12N2.C6H16N2.C6H13N.C6H15N.C5H11N.2C4H6N2.C3H12N4/c1(2-12-4-8-14-9-5-12)3-13-6-10-15-11-7-13;1-14(2,9-5-7-11)13-15(3,4)10-6-8-12;9-7-5-8-3-1-6(7)2-4-8;1-2-8-5-3-7(1)4-6-8;7-5-3-1-2-4-6-8;7-6-4-2-1-3-5-6;1-4-7(5-2)6-3;1-2-4-6-5-3-1;1-6-3-2-5-4-6;1-4-5-2-3-6-4;4-1-7(2-5)3-6/h12-15H,1-11H2;5-12H2,1-4H3;6-7,9H,1-5H2;1-6H2;1-8H2;6H,1-5,7H2;4-6H2,1-3H3;6H,1-5H2;2-4H,1H3;2-3H,1H3,(H,5,6);1-6H2. The lowest BCUT2D eigenvalue weighted by Crippen LogP contribution is -2.55. The Hall–Kier alpha value is -1.87. The first-order valence-electron chi connectivity index (χ1n) is 38.0. The molecule has 0 amide bonds. The van der Waals surface area contributed by atoms with E-state index < -0.39 is 16.6 Å². The molecule has 1 atom stereocenters. The van der Waals surface area contributed by atoms with Gasteiger partial charge >= 0.3 is 0 Å². The smallest absolute Gasteiger partial charge is 0.173 e. The number of nitrogens with one attached hydrogen (secondary N) is 4. The molecular formula is C70H158N20O2Si2. The number of piperidine rings is 6. The van der Waals surface area contributed by atoms with E-state index >= 15 is 0 Å². The fourth-order valence-electron chi connectivity index (χ4n) is 12.5. The van der Waals surface area contributed by atoms with E-state index in [1.165, 1.54) is 245 Å². The highest BCUT2D eigenvalue weighted by molar-refractivity contribution is 6.84. The first-order chi connectivity index (χ1) is 45.4. The van der Waals surface area contributed by atoms with Crippen LogP contribution in [-0.4, -0.2) is 242 Å². The number of aliphatic hydroxyl groups is 1. The number of H-pyrrole nitrogens is 1. The second-order valence-corrected chi connectivity index (χ2v) is 36.9. The van der Waals surface area contributed by atoms with Crippen LogP contribution in [0.25, 0.3) is 0 Å². The van der Waals surface area contributed by atoms with Crippen molar-refractivity contribution < 1.29 is 9.22 Å². The minimum absolute atomic E-state index is 0.00694. The maximum absolute atomic E-state index is 9.36. The van der Waals surface area contributed by atoms with Crippen molar-refractivity contribution in [1.82, 2.24) is 60.0 Å². The molecular weight excluding hydrogens is 1210 g/mol. The van der Waals surface area contributed by atoms with Crippen LogP contribution in [0.2, 0.25) is 38.3 Å². The second kappa shape index (κ2) is 63.3. The molecule has 0 aromatic carbocycles. The highest BCUT2D eigenvalue weighted by Gasteiger charge is 2.33. The van der Waals surface area contributed by atoms with Gasteiger partial charge in [-0.15, -0.1) is 0 Å². The van der Waals surface area contributed by atoms with Gasteiger partial charge in [-0.05, 0) is 251 Å². The summed E-state index contributed by atoms with van der Waals surface area (Å²) in [5.41, 5.74) is 42.8. The fourth-order valence-corrected chi connectivity index (χ4v) is 21.4. The Labute approximate surface area is 580 Å². The summed E-state index contributed by atoms with van der Waals surface area (Å²) in [4.78, 5) is 22.1. The number of aromatic amines is 1. The Morgan fingerprint density at radius 2 is 0.968 bits per heavy atom. The molecule has 22 nitrogen and oxygen atoms in total. The highest BCUT2D eigenvalue weighted by atomic mass is 28.4. The number of rotatable bonds is 23. The fraction of sp³-hybridized carbons (Fsp3) is 0.914. The molecule has 24 heteroatoms. The molecule has 1 saturated carbocycles. The second-order valence-electron chi connectivity index (χ2n) is 28.1. The van der Waals surface area contributed by atoms with Crippen LogP contribution in [0.15, 0.2) is 31.1 Å². The van der Waals surface area contributed by atoms with Gasteiger partial charge in [-0.2, -0.15) is 0 Å². The number of fused-ring (bicyclic) bond motifs is 6. The molecule has 1 aliphatic carbocycles. The normalized spacial score (nSPS) is 21.7. The van der Waals surface area contributed by atoms with Gasteiger partial charge in [0.1, 0.15) is 5.82 Å². The van der Waals surface area contributed by atoms with Crippen molar-refractivity contribution in [3.8, 4) is 0 Å². The lowest BCUT2D eigenvalue weighted by Gasteiger charge is -2.42. The predicted molar refractivity (Wildman–Crippen MR) is 409 cm³/mol. The van der Waals surface area contributed by atoms with Gasteiger partial charge in [0, 0.05) is 104 Å².